The lowest BCUT2D eigenvalue weighted by Gasteiger charge is -2.39. The molecule has 0 aromatic rings. The first kappa shape index (κ1) is 50.0. The molecule has 0 spiro atoms. The number of hydrogen-bond donors (Lipinski definition) is 10. The van der Waals surface area contributed by atoms with Gasteiger partial charge in [0.15, 0.2) is 12.6 Å². The normalized spacial score (nSPS) is 39.7. The maximum atomic E-state index is 13.9. The molecule has 1 aliphatic carbocycles. The van der Waals surface area contributed by atoms with Crippen LogP contribution in [-0.2, 0) is 52.3 Å². The molecule has 6 aliphatic heterocycles. The third kappa shape index (κ3) is 11.4. The molecule has 0 aromatic carbocycles. The van der Waals surface area contributed by atoms with Crippen LogP contribution < -0.4 is 21.3 Å². The summed E-state index contributed by atoms with van der Waals surface area (Å²) in [5.41, 5.74) is 0.817. The largest absolute Gasteiger partial charge is 0.388 e. The number of thioether (sulfide) groups is 1. The number of ether oxygens (including phenoxy) is 7. The number of fused-ring (bicyclic) bond motifs is 6. The van der Waals surface area contributed by atoms with E-state index in [9.17, 15) is 54.6 Å². The first-order chi connectivity index (χ1) is 31.2. The number of nitrogens with one attached hydrogen (secondary N) is 4. The van der Waals surface area contributed by atoms with E-state index >= 15 is 0 Å². The molecular formula is C42H64N4O18S. The molecule has 5 saturated heterocycles. The molecule has 10 N–H and O–H groups in total. The van der Waals surface area contributed by atoms with Gasteiger partial charge in [-0.1, -0.05) is 6.42 Å². The van der Waals surface area contributed by atoms with Crippen molar-refractivity contribution in [2.24, 2.45) is 17.8 Å². The Kier molecular flexibility index (Phi) is 17.3. The molecule has 6 heterocycles. The maximum absolute atomic E-state index is 13.9. The van der Waals surface area contributed by atoms with E-state index in [0.717, 1.165) is 25.0 Å². The first-order valence-corrected chi connectivity index (χ1v) is 23.7. The standard InChI is InChI=1S/C42H64N4O18S/c1-18-30(49)34(53)36(55)40(62-18)60-15-21-22(16-61-41-37(56)35(54)31(50)19(2)63-41)39-28-27(38(21)64-39)32(51)20(33(28)52)7-8-26(48)44-10-12-59-14-13-58-11-9-43-25(47)6-4-3-5-24-29-23(17-65-24)45-42(57)46-29/h18-20,23-24,27-31,34-41,49-50,53-56H,3-17H2,1-2H3,(H,43,47)(H,44,48)(H2,45,46,57)/t18-,19-,20?,23?,24?,27?,28?,29?,30+,31+,34?,35?,36?,37?,38?,39?,40-,41-/m0/s1. The van der Waals surface area contributed by atoms with Gasteiger partial charge in [-0.05, 0) is 44.3 Å². The maximum Gasteiger partial charge on any atom is 0.315 e. The predicted molar refractivity (Wildman–Crippen MR) is 224 cm³/mol. The SMILES string of the molecule is C[C@@H]1O[C@H](OCC2=C(CO[C@H]3O[C@@H](C)[C@@H](O)C(O)C3O)C3OC2C2C(=O)C(CCC(=O)NCCOCCOCCNC(=O)CCCCC4SCC5NC(=O)NC54)C(=O)C32)C(O)C(O)[C@@H]1O. The highest BCUT2D eigenvalue weighted by Crippen LogP contribution is 2.53. The molecule has 22 nitrogen and oxygen atoms in total. The zero-order valence-corrected chi connectivity index (χ0v) is 37.3. The van der Waals surface area contributed by atoms with E-state index in [0.29, 0.717) is 42.6 Å². The Balaban J connectivity index is 0.794. The summed E-state index contributed by atoms with van der Waals surface area (Å²) in [5, 5.41) is 73.8. The summed E-state index contributed by atoms with van der Waals surface area (Å²) >= 11 is 1.86. The van der Waals surface area contributed by atoms with Crippen LogP contribution in [0.3, 0.4) is 0 Å². The fraction of sp³-hybridized carbons (Fsp3) is 0.833. The number of amides is 4. The molecule has 0 radical (unpaired) electrons. The zero-order valence-electron chi connectivity index (χ0n) is 36.5. The molecule has 65 heavy (non-hydrogen) atoms. The van der Waals surface area contributed by atoms with Gasteiger partial charge in [-0.3, -0.25) is 19.2 Å². The Morgan fingerprint density at radius 1 is 0.662 bits per heavy atom. The van der Waals surface area contributed by atoms with E-state index in [4.69, 9.17) is 33.2 Å². The molecule has 0 aromatic heterocycles. The van der Waals surface area contributed by atoms with Crippen LogP contribution in [0.4, 0.5) is 4.79 Å². The van der Waals surface area contributed by atoms with Crippen molar-refractivity contribution in [3.05, 3.63) is 11.1 Å². The quantitative estimate of drug-likeness (QED) is 0.0206. The van der Waals surface area contributed by atoms with Gasteiger partial charge in [-0.2, -0.15) is 11.8 Å². The molecule has 23 heteroatoms. The van der Waals surface area contributed by atoms with Gasteiger partial charge >= 0.3 is 6.03 Å². The van der Waals surface area contributed by atoms with Gasteiger partial charge in [0.2, 0.25) is 11.8 Å². The average Bonchev–Trinajstić information content (AvgIpc) is 4.09. The first-order valence-electron chi connectivity index (χ1n) is 22.6. The molecule has 4 amide bonds. The zero-order chi connectivity index (χ0) is 46.5. The Morgan fingerprint density at radius 3 is 1.72 bits per heavy atom. The van der Waals surface area contributed by atoms with E-state index in [1.807, 2.05) is 11.8 Å². The summed E-state index contributed by atoms with van der Waals surface area (Å²) in [6.07, 6.45) is -12.6. The molecule has 7 aliphatic rings. The number of Topliss-reactive ketones (excluding diaryl/α,β-unsaturated/α-hetero) is 2. The molecule has 7 rings (SSSR count). The lowest BCUT2D eigenvalue weighted by molar-refractivity contribution is -0.292. The van der Waals surface area contributed by atoms with Crippen LogP contribution in [0, 0.1) is 17.8 Å². The van der Waals surface area contributed by atoms with Crippen LogP contribution in [-0.4, -0.2) is 209 Å². The van der Waals surface area contributed by atoms with Crippen molar-refractivity contribution in [2.75, 3.05) is 58.5 Å². The smallest absolute Gasteiger partial charge is 0.315 e. The third-order valence-electron chi connectivity index (χ3n) is 13.4. The van der Waals surface area contributed by atoms with E-state index in [-0.39, 0.29) is 87.3 Å². The van der Waals surface area contributed by atoms with E-state index in [2.05, 4.69) is 21.3 Å². The summed E-state index contributed by atoms with van der Waals surface area (Å²) in [4.78, 5) is 64.2. The fourth-order valence-electron chi connectivity index (χ4n) is 9.78. The Hall–Kier alpha value is -2.88. The number of urea groups is 1. The number of aliphatic hydroxyl groups excluding tert-OH is 6. The van der Waals surface area contributed by atoms with Crippen LogP contribution in [0.25, 0.3) is 0 Å². The van der Waals surface area contributed by atoms with E-state index in [1.54, 1.807) is 0 Å². The van der Waals surface area contributed by atoms with Crippen LogP contribution >= 0.6 is 11.8 Å². The van der Waals surface area contributed by atoms with Crippen molar-refractivity contribution in [2.45, 2.75) is 143 Å². The molecule has 6 fully saturated rings. The minimum Gasteiger partial charge on any atom is -0.388 e. The van der Waals surface area contributed by atoms with Crippen LogP contribution in [0.1, 0.15) is 52.4 Å². The van der Waals surface area contributed by atoms with Crippen molar-refractivity contribution in [3.63, 3.8) is 0 Å². The number of rotatable bonds is 23. The Labute approximate surface area is 380 Å². The van der Waals surface area contributed by atoms with Crippen molar-refractivity contribution >= 4 is 41.2 Å². The summed E-state index contributed by atoms with van der Waals surface area (Å²) in [5.74, 6) is -3.13. The van der Waals surface area contributed by atoms with Crippen LogP contribution in [0.2, 0.25) is 0 Å². The highest BCUT2D eigenvalue weighted by atomic mass is 32.2. The minimum atomic E-state index is -1.61. The number of hydrogen-bond acceptors (Lipinski definition) is 19. The average molecular weight is 945 g/mol. The second-order valence-electron chi connectivity index (χ2n) is 17.8. The van der Waals surface area contributed by atoms with Crippen molar-refractivity contribution in [1.82, 2.24) is 21.3 Å². The van der Waals surface area contributed by atoms with Crippen molar-refractivity contribution < 1.29 is 87.8 Å². The second kappa shape index (κ2) is 22.5. The van der Waals surface area contributed by atoms with Gasteiger partial charge in [-0.25, -0.2) is 4.79 Å². The molecule has 1 saturated carbocycles. The van der Waals surface area contributed by atoms with Crippen LogP contribution in [0.15, 0.2) is 11.1 Å². The predicted octanol–water partition coefficient (Wildman–Crippen LogP) is -3.48. The number of carbonyl (C=O) groups excluding carboxylic acids is 5. The number of carbonyl (C=O) groups is 5. The monoisotopic (exact) mass is 944 g/mol. The van der Waals surface area contributed by atoms with Crippen molar-refractivity contribution in [1.29, 1.82) is 0 Å². The number of unbranched alkanes of at least 4 members (excludes halogenated alkanes) is 1. The number of aliphatic hydroxyl groups is 6. The minimum absolute atomic E-state index is 0.0293. The summed E-state index contributed by atoms with van der Waals surface area (Å²) in [6, 6.07) is 0.258. The number of ketones is 2. The lowest BCUT2D eigenvalue weighted by atomic mass is 9.77. The van der Waals surface area contributed by atoms with Crippen LogP contribution in [0.5, 0.6) is 0 Å². The summed E-state index contributed by atoms with van der Waals surface area (Å²) in [6.45, 7) is 4.04. The molecule has 366 valence electrons. The Bertz CT molecular complexity index is 1670. The fourth-order valence-corrected chi connectivity index (χ4v) is 11.3. The highest BCUT2D eigenvalue weighted by Gasteiger charge is 2.65. The van der Waals surface area contributed by atoms with Gasteiger partial charge < -0.3 is 85.1 Å². The highest BCUT2D eigenvalue weighted by molar-refractivity contribution is 8.00. The third-order valence-corrected chi connectivity index (χ3v) is 15.0. The molecule has 11 unspecified atom stereocenters. The molecule has 17 atom stereocenters. The Morgan fingerprint density at radius 2 is 1.18 bits per heavy atom. The topological polar surface area (TPSA) is 319 Å². The summed E-state index contributed by atoms with van der Waals surface area (Å²) < 4.78 is 40.2. The van der Waals surface area contributed by atoms with Gasteiger partial charge in [0.25, 0.3) is 0 Å². The molecule has 2 bridgehead atoms. The second-order valence-corrected chi connectivity index (χ2v) is 19.0. The van der Waals surface area contributed by atoms with Gasteiger partial charge in [0, 0.05) is 36.9 Å². The van der Waals surface area contributed by atoms with Gasteiger partial charge in [-0.15, -0.1) is 0 Å². The van der Waals surface area contributed by atoms with E-state index in [1.165, 1.54) is 13.8 Å². The van der Waals surface area contributed by atoms with E-state index < -0.39 is 91.4 Å². The van der Waals surface area contributed by atoms with Crippen molar-refractivity contribution in [3.8, 4) is 0 Å². The van der Waals surface area contributed by atoms with Gasteiger partial charge in [0.05, 0.1) is 93.9 Å². The summed E-state index contributed by atoms with van der Waals surface area (Å²) in [7, 11) is 0. The lowest BCUT2D eigenvalue weighted by Crippen LogP contribution is -2.57. The molecular weight excluding hydrogens is 881 g/mol. The van der Waals surface area contributed by atoms with Gasteiger partial charge in [0.1, 0.15) is 48.2 Å².